The number of hydrogen-bond donors (Lipinski definition) is 0. The summed E-state index contributed by atoms with van der Waals surface area (Å²) >= 11 is 0. The number of unbranched alkanes of at least 4 members (excludes halogenated alkanes) is 1. The van der Waals surface area contributed by atoms with Crippen molar-refractivity contribution >= 4 is 11.9 Å². The van der Waals surface area contributed by atoms with Crippen LogP contribution in [0.15, 0.2) is 0 Å². The van der Waals surface area contributed by atoms with E-state index in [1.165, 1.54) is 25.7 Å². The van der Waals surface area contributed by atoms with Crippen molar-refractivity contribution in [2.75, 3.05) is 13.2 Å². The smallest absolute Gasteiger partial charge is 0.307 e. The minimum Gasteiger partial charge on any atom is -0.466 e. The van der Waals surface area contributed by atoms with Crippen LogP contribution in [-0.4, -0.2) is 36.0 Å². The predicted octanol–water partition coefficient (Wildman–Crippen LogP) is 3.68. The van der Waals surface area contributed by atoms with Crippen LogP contribution < -0.4 is 0 Å². The second kappa shape index (κ2) is 10.6. The number of hydrogen-bond acceptors (Lipinski definition) is 3. The highest BCUT2D eigenvalue weighted by molar-refractivity contribution is 5.77. The molecule has 0 spiro atoms. The number of carbonyl (C=O) groups excluding carboxylic acids is 2. The molecule has 0 atom stereocenters. The van der Waals surface area contributed by atoms with Crippen molar-refractivity contribution in [2.24, 2.45) is 0 Å². The Balaban J connectivity index is 2.59. The van der Waals surface area contributed by atoms with Crippen molar-refractivity contribution in [1.82, 2.24) is 4.90 Å². The average Bonchev–Trinajstić information content (AvgIpc) is 2.75. The Morgan fingerprint density at radius 2 is 1.71 bits per heavy atom. The monoisotopic (exact) mass is 297 g/mol. The molecule has 0 heterocycles. The van der Waals surface area contributed by atoms with Gasteiger partial charge < -0.3 is 9.64 Å². The number of carbonyl (C=O) groups is 2. The van der Waals surface area contributed by atoms with Gasteiger partial charge in [-0.25, -0.2) is 0 Å². The maximum Gasteiger partial charge on any atom is 0.307 e. The Hall–Kier alpha value is -1.06. The molecule has 1 aliphatic carbocycles. The summed E-state index contributed by atoms with van der Waals surface area (Å²) in [6.07, 6.45) is 9.99. The first kappa shape index (κ1) is 18.0. The van der Waals surface area contributed by atoms with E-state index in [-0.39, 0.29) is 11.9 Å². The largest absolute Gasteiger partial charge is 0.466 e. The van der Waals surface area contributed by atoms with Gasteiger partial charge in [-0.05, 0) is 26.2 Å². The lowest BCUT2D eigenvalue weighted by atomic mass is 10.1. The molecule has 0 radical (unpaired) electrons. The molecule has 4 heteroatoms. The number of amides is 1. The van der Waals surface area contributed by atoms with Gasteiger partial charge in [-0.3, -0.25) is 9.59 Å². The first-order valence-electron chi connectivity index (χ1n) is 8.64. The highest BCUT2D eigenvalue weighted by atomic mass is 16.5. The molecule has 1 rings (SSSR count). The quantitative estimate of drug-likeness (QED) is 0.507. The van der Waals surface area contributed by atoms with Crippen molar-refractivity contribution in [3.63, 3.8) is 0 Å². The van der Waals surface area contributed by atoms with Crippen LogP contribution in [0.5, 0.6) is 0 Å². The third-order valence-corrected chi connectivity index (χ3v) is 4.19. The van der Waals surface area contributed by atoms with Crippen LogP contribution in [-0.2, 0) is 14.3 Å². The van der Waals surface area contributed by atoms with Gasteiger partial charge >= 0.3 is 5.97 Å². The van der Waals surface area contributed by atoms with Crippen LogP contribution in [0, 0.1) is 0 Å². The summed E-state index contributed by atoms with van der Waals surface area (Å²) in [6, 6.07) is 0.325. The van der Waals surface area contributed by atoms with Gasteiger partial charge in [-0.2, -0.15) is 0 Å². The van der Waals surface area contributed by atoms with E-state index in [1.807, 2.05) is 11.8 Å². The topological polar surface area (TPSA) is 46.6 Å². The summed E-state index contributed by atoms with van der Waals surface area (Å²) in [4.78, 5) is 26.0. The Morgan fingerprint density at radius 3 is 2.29 bits per heavy atom. The third kappa shape index (κ3) is 6.96. The average molecular weight is 297 g/mol. The first-order chi connectivity index (χ1) is 10.2. The summed E-state index contributed by atoms with van der Waals surface area (Å²) in [5.41, 5.74) is 0. The van der Waals surface area contributed by atoms with Crippen LogP contribution in [0.4, 0.5) is 0 Å². The van der Waals surface area contributed by atoms with E-state index in [0.717, 1.165) is 25.7 Å². The van der Waals surface area contributed by atoms with E-state index in [1.54, 1.807) is 0 Å². The highest BCUT2D eigenvalue weighted by Gasteiger charge is 2.24. The van der Waals surface area contributed by atoms with Gasteiger partial charge in [0, 0.05) is 19.0 Å². The third-order valence-electron chi connectivity index (χ3n) is 4.19. The van der Waals surface area contributed by atoms with Crippen LogP contribution >= 0.6 is 0 Å². The maximum absolute atomic E-state index is 12.5. The number of nitrogens with zero attached hydrogens (tertiary/aromatic N) is 1. The predicted molar refractivity (Wildman–Crippen MR) is 84.0 cm³/mol. The molecule has 0 aromatic rings. The molecule has 1 saturated carbocycles. The second-order valence-electron chi connectivity index (χ2n) is 5.89. The Labute approximate surface area is 129 Å². The lowest BCUT2D eigenvalue weighted by molar-refractivity contribution is -0.144. The van der Waals surface area contributed by atoms with E-state index in [0.29, 0.717) is 32.0 Å². The van der Waals surface area contributed by atoms with Gasteiger partial charge in [0.25, 0.3) is 0 Å². The van der Waals surface area contributed by atoms with Crippen LogP contribution in [0.1, 0.15) is 78.1 Å². The lowest BCUT2D eigenvalue weighted by Crippen LogP contribution is -2.41. The molecular weight excluding hydrogens is 266 g/mol. The van der Waals surface area contributed by atoms with Gasteiger partial charge in [0.1, 0.15) is 0 Å². The zero-order valence-corrected chi connectivity index (χ0v) is 13.7. The molecule has 1 fully saturated rings. The van der Waals surface area contributed by atoms with Gasteiger partial charge in [-0.1, -0.05) is 39.0 Å². The van der Waals surface area contributed by atoms with Crippen LogP contribution in [0.2, 0.25) is 0 Å². The standard InChI is InChI=1S/C17H31NO3/c1-3-5-12-16(19)18(14-13-17(20)21-4-2)15-10-8-6-7-9-11-15/h15H,3-14H2,1-2H3. The Kier molecular flexibility index (Phi) is 9.11. The molecule has 0 N–H and O–H groups in total. The van der Waals surface area contributed by atoms with E-state index in [4.69, 9.17) is 4.74 Å². The van der Waals surface area contributed by atoms with Crippen LogP contribution in [0.3, 0.4) is 0 Å². The fraction of sp³-hybridized carbons (Fsp3) is 0.882. The molecule has 0 unspecified atom stereocenters. The molecule has 122 valence electrons. The van der Waals surface area contributed by atoms with Gasteiger partial charge in [0.05, 0.1) is 13.0 Å². The SMILES string of the molecule is CCCCC(=O)N(CCC(=O)OCC)C1CCCCCC1. The zero-order chi connectivity index (χ0) is 15.5. The number of rotatable bonds is 8. The summed E-state index contributed by atoms with van der Waals surface area (Å²) in [7, 11) is 0. The van der Waals surface area contributed by atoms with Gasteiger partial charge in [0.2, 0.25) is 5.91 Å². The van der Waals surface area contributed by atoms with Crippen molar-refractivity contribution in [3.05, 3.63) is 0 Å². The zero-order valence-electron chi connectivity index (χ0n) is 13.7. The molecule has 0 aliphatic heterocycles. The summed E-state index contributed by atoms with van der Waals surface area (Å²) in [5.74, 6) is 0.0208. The first-order valence-corrected chi connectivity index (χ1v) is 8.64. The van der Waals surface area contributed by atoms with Crippen molar-refractivity contribution in [3.8, 4) is 0 Å². The highest BCUT2D eigenvalue weighted by Crippen LogP contribution is 2.23. The molecule has 21 heavy (non-hydrogen) atoms. The summed E-state index contributed by atoms with van der Waals surface area (Å²) < 4.78 is 4.99. The fourth-order valence-electron chi connectivity index (χ4n) is 3.00. The fourth-order valence-corrected chi connectivity index (χ4v) is 3.00. The normalized spacial score (nSPS) is 16.3. The number of esters is 1. The molecule has 4 nitrogen and oxygen atoms in total. The second-order valence-corrected chi connectivity index (χ2v) is 5.89. The summed E-state index contributed by atoms with van der Waals surface area (Å²) in [6.45, 7) is 4.84. The minimum absolute atomic E-state index is 0.195. The molecular formula is C17H31NO3. The molecule has 0 aromatic heterocycles. The van der Waals surface area contributed by atoms with E-state index >= 15 is 0 Å². The Morgan fingerprint density at radius 1 is 1.05 bits per heavy atom. The summed E-state index contributed by atoms with van der Waals surface area (Å²) in [5, 5.41) is 0. The maximum atomic E-state index is 12.5. The molecule has 0 saturated heterocycles. The van der Waals surface area contributed by atoms with E-state index in [2.05, 4.69) is 6.92 Å². The molecule has 0 bridgehead atoms. The van der Waals surface area contributed by atoms with E-state index < -0.39 is 0 Å². The van der Waals surface area contributed by atoms with Gasteiger partial charge in [-0.15, -0.1) is 0 Å². The van der Waals surface area contributed by atoms with Crippen molar-refractivity contribution in [1.29, 1.82) is 0 Å². The van der Waals surface area contributed by atoms with Crippen molar-refractivity contribution < 1.29 is 14.3 Å². The molecule has 0 aromatic carbocycles. The Bertz CT molecular complexity index is 309. The van der Waals surface area contributed by atoms with E-state index in [9.17, 15) is 9.59 Å². The lowest BCUT2D eigenvalue weighted by Gasteiger charge is -2.31. The molecule has 1 amide bonds. The molecule has 1 aliphatic rings. The number of ether oxygens (including phenoxy) is 1. The van der Waals surface area contributed by atoms with Crippen molar-refractivity contribution in [2.45, 2.75) is 84.1 Å². The minimum atomic E-state index is -0.195. The van der Waals surface area contributed by atoms with Gasteiger partial charge in [0.15, 0.2) is 0 Å². The van der Waals surface area contributed by atoms with Crippen LogP contribution in [0.25, 0.3) is 0 Å².